The Morgan fingerprint density at radius 2 is 2.00 bits per heavy atom. The second-order valence-corrected chi connectivity index (χ2v) is 9.44. The number of carbonyl (C=O) groups excluding carboxylic acids is 1. The quantitative estimate of drug-likeness (QED) is 0.344. The maximum atomic E-state index is 12.2. The largest absolute Gasteiger partial charge is 0.484 e. The summed E-state index contributed by atoms with van der Waals surface area (Å²) >= 11 is 3.03. The number of para-hydroxylation sites is 1. The Labute approximate surface area is 196 Å². The van der Waals surface area contributed by atoms with E-state index >= 15 is 0 Å². The van der Waals surface area contributed by atoms with Gasteiger partial charge in [0.1, 0.15) is 11.5 Å². The van der Waals surface area contributed by atoms with Crippen LogP contribution in [0, 0.1) is 6.92 Å². The number of nitrogens with zero attached hydrogens (tertiary/aromatic N) is 3. The van der Waals surface area contributed by atoms with E-state index in [-0.39, 0.29) is 18.1 Å². The lowest BCUT2D eigenvalue weighted by molar-refractivity contribution is -0.118. The van der Waals surface area contributed by atoms with E-state index in [4.69, 9.17) is 9.26 Å². The minimum Gasteiger partial charge on any atom is -0.484 e. The molecule has 0 bridgehead atoms. The van der Waals surface area contributed by atoms with Gasteiger partial charge < -0.3 is 14.6 Å². The Morgan fingerprint density at radius 3 is 2.85 bits per heavy atom. The van der Waals surface area contributed by atoms with Gasteiger partial charge in [0.2, 0.25) is 0 Å². The average Bonchev–Trinajstić information content (AvgIpc) is 3.39. The fraction of sp³-hybridized carbons (Fsp3) is 0.130. The number of carbonyl (C=O) groups is 1. The fourth-order valence-electron chi connectivity index (χ4n) is 3.19. The number of thioether (sulfide) groups is 1. The number of ether oxygens (including phenoxy) is 1. The number of anilines is 1. The van der Waals surface area contributed by atoms with Crippen molar-refractivity contribution in [3.63, 3.8) is 0 Å². The number of aromatic nitrogens is 3. The number of thiazole rings is 1. The van der Waals surface area contributed by atoms with Crippen molar-refractivity contribution < 1.29 is 14.1 Å². The van der Waals surface area contributed by atoms with Gasteiger partial charge in [-0.25, -0.2) is 9.97 Å². The molecule has 0 aliphatic heterocycles. The van der Waals surface area contributed by atoms with Gasteiger partial charge in [-0.2, -0.15) is 0 Å². The van der Waals surface area contributed by atoms with Crippen LogP contribution in [-0.2, 0) is 10.5 Å². The molecule has 1 N–H and O–H groups in total. The average molecular weight is 479 g/mol. The molecule has 0 spiro atoms. The van der Waals surface area contributed by atoms with Crippen LogP contribution in [0.4, 0.5) is 5.69 Å². The maximum Gasteiger partial charge on any atom is 0.287 e. The molecule has 5 rings (SSSR count). The van der Waals surface area contributed by atoms with Crippen LogP contribution in [0.5, 0.6) is 5.75 Å². The smallest absolute Gasteiger partial charge is 0.287 e. The van der Waals surface area contributed by atoms with Crippen LogP contribution in [0.25, 0.3) is 15.9 Å². The first kappa shape index (κ1) is 21.2. The molecule has 166 valence electrons. The number of benzene rings is 2. The molecule has 2 aromatic carbocycles. The van der Waals surface area contributed by atoms with Gasteiger partial charge in [-0.05, 0) is 37.3 Å². The summed E-state index contributed by atoms with van der Waals surface area (Å²) in [6.07, 6.45) is 0. The summed E-state index contributed by atoms with van der Waals surface area (Å²) < 4.78 is 13.8. The molecule has 33 heavy (non-hydrogen) atoms. The van der Waals surface area contributed by atoms with Crippen LogP contribution >= 0.6 is 23.1 Å². The standard InChI is InChI=1S/C23H18N4O4S2/c1-14-9-20-24-16(11-22(29)27(20)31-14)13-32-23-26-18-8-7-15(10-19(18)33-23)25-21(28)12-30-17-5-3-2-4-6-17/h2-11H,12-13H2,1H3,(H,25,28). The van der Waals surface area contributed by atoms with Crippen LogP contribution in [0.15, 0.2) is 74.3 Å². The molecule has 0 saturated carbocycles. The summed E-state index contributed by atoms with van der Waals surface area (Å²) in [5, 5.41) is 2.85. The van der Waals surface area contributed by atoms with Crippen molar-refractivity contribution in [2.24, 2.45) is 0 Å². The van der Waals surface area contributed by atoms with Gasteiger partial charge in [0.25, 0.3) is 11.5 Å². The van der Waals surface area contributed by atoms with Gasteiger partial charge >= 0.3 is 0 Å². The first-order valence-electron chi connectivity index (χ1n) is 10.0. The topological polar surface area (TPSA) is 98.7 Å². The molecule has 0 aliphatic rings. The third-order valence-corrected chi connectivity index (χ3v) is 6.83. The summed E-state index contributed by atoms with van der Waals surface area (Å²) in [5.74, 6) is 1.55. The van der Waals surface area contributed by atoms with Crippen LogP contribution in [0.1, 0.15) is 11.5 Å². The number of aryl methyl sites for hydroxylation is 1. The summed E-state index contributed by atoms with van der Waals surface area (Å²) in [4.78, 5) is 33.5. The Morgan fingerprint density at radius 1 is 1.15 bits per heavy atom. The number of hydrogen-bond donors (Lipinski definition) is 1. The van der Waals surface area contributed by atoms with Gasteiger partial charge in [0, 0.05) is 23.6 Å². The predicted octanol–water partition coefficient (Wildman–Crippen LogP) is 4.52. The normalized spacial score (nSPS) is 11.2. The summed E-state index contributed by atoms with van der Waals surface area (Å²) in [6.45, 7) is 1.70. The van der Waals surface area contributed by atoms with Crippen molar-refractivity contribution in [3.05, 3.63) is 82.5 Å². The molecule has 10 heteroatoms. The lowest BCUT2D eigenvalue weighted by atomic mass is 10.3. The minimum absolute atomic E-state index is 0.0701. The maximum absolute atomic E-state index is 12.2. The number of amides is 1. The van der Waals surface area contributed by atoms with E-state index in [0.717, 1.165) is 14.6 Å². The highest BCUT2D eigenvalue weighted by Crippen LogP contribution is 2.32. The molecule has 0 saturated heterocycles. The van der Waals surface area contributed by atoms with E-state index in [2.05, 4.69) is 15.3 Å². The highest BCUT2D eigenvalue weighted by atomic mass is 32.2. The minimum atomic E-state index is -0.246. The summed E-state index contributed by atoms with van der Waals surface area (Å²) in [5.41, 5.74) is 2.44. The van der Waals surface area contributed by atoms with Crippen molar-refractivity contribution in [2.45, 2.75) is 17.0 Å². The molecular formula is C23H18N4O4S2. The number of fused-ring (bicyclic) bond motifs is 2. The third kappa shape index (κ3) is 4.91. The van der Waals surface area contributed by atoms with Crippen LogP contribution in [0.2, 0.25) is 0 Å². The summed E-state index contributed by atoms with van der Waals surface area (Å²) in [7, 11) is 0. The number of nitrogens with one attached hydrogen (secondary N) is 1. The van der Waals surface area contributed by atoms with Crippen molar-refractivity contribution in [2.75, 3.05) is 11.9 Å². The number of hydrogen-bond acceptors (Lipinski definition) is 8. The number of rotatable bonds is 7. The molecule has 0 atom stereocenters. The van der Waals surface area contributed by atoms with Gasteiger partial charge in [-0.1, -0.05) is 30.0 Å². The first-order valence-corrected chi connectivity index (χ1v) is 11.8. The Bertz CT molecular complexity index is 1510. The molecular weight excluding hydrogens is 460 g/mol. The zero-order valence-electron chi connectivity index (χ0n) is 17.5. The van der Waals surface area contributed by atoms with Gasteiger partial charge in [0.05, 0.1) is 15.9 Å². The predicted molar refractivity (Wildman–Crippen MR) is 128 cm³/mol. The molecule has 3 heterocycles. The van der Waals surface area contributed by atoms with Crippen LogP contribution < -0.4 is 15.6 Å². The van der Waals surface area contributed by atoms with Crippen molar-refractivity contribution in [1.29, 1.82) is 0 Å². The van der Waals surface area contributed by atoms with Crippen LogP contribution in [-0.4, -0.2) is 27.1 Å². The molecule has 0 radical (unpaired) electrons. The van der Waals surface area contributed by atoms with Crippen LogP contribution in [0.3, 0.4) is 0 Å². The lowest BCUT2D eigenvalue weighted by Crippen LogP contribution is -2.20. The molecule has 5 aromatic rings. The SMILES string of the molecule is Cc1cc2nc(CSc3nc4ccc(NC(=O)COc5ccccc5)cc4s3)cc(=O)n2o1. The zero-order valence-corrected chi connectivity index (χ0v) is 19.1. The second-order valence-electron chi connectivity index (χ2n) is 7.19. The van der Waals surface area contributed by atoms with E-state index in [1.54, 1.807) is 25.1 Å². The first-order chi connectivity index (χ1) is 16.0. The highest BCUT2D eigenvalue weighted by Gasteiger charge is 2.11. The lowest BCUT2D eigenvalue weighted by Gasteiger charge is -2.07. The molecule has 1 amide bonds. The summed E-state index contributed by atoms with van der Waals surface area (Å²) in [6, 6.07) is 18.0. The van der Waals surface area contributed by atoms with Gasteiger partial charge in [0.15, 0.2) is 16.6 Å². The fourth-order valence-corrected chi connectivity index (χ4v) is 5.19. The van der Waals surface area contributed by atoms with Crippen molar-refractivity contribution in [3.8, 4) is 5.75 Å². The molecule has 0 fully saturated rings. The Balaban J connectivity index is 1.23. The van der Waals surface area contributed by atoms with Crippen molar-refractivity contribution in [1.82, 2.24) is 14.5 Å². The van der Waals surface area contributed by atoms with E-state index in [9.17, 15) is 9.59 Å². The molecule has 0 unspecified atom stereocenters. The highest BCUT2D eigenvalue weighted by molar-refractivity contribution is 8.00. The Kier molecular flexibility index (Phi) is 5.84. The molecule has 8 nitrogen and oxygen atoms in total. The second kappa shape index (κ2) is 9.08. The van der Waals surface area contributed by atoms with Crippen molar-refractivity contribution >= 4 is 50.6 Å². The van der Waals surface area contributed by atoms with Gasteiger partial charge in [-0.15, -0.1) is 15.9 Å². The van der Waals surface area contributed by atoms with E-state index in [1.807, 2.05) is 36.4 Å². The van der Waals surface area contributed by atoms with E-state index in [0.29, 0.717) is 34.3 Å². The van der Waals surface area contributed by atoms with Gasteiger partial charge in [-0.3, -0.25) is 9.59 Å². The van der Waals surface area contributed by atoms with E-state index in [1.165, 1.54) is 33.7 Å². The third-order valence-electron chi connectivity index (χ3n) is 4.63. The monoisotopic (exact) mass is 478 g/mol. The molecule has 0 aliphatic carbocycles. The Hall–Kier alpha value is -3.63. The molecule has 3 aromatic heterocycles. The zero-order chi connectivity index (χ0) is 22.8. The van der Waals surface area contributed by atoms with E-state index < -0.39 is 0 Å².